The third-order valence-corrected chi connectivity index (χ3v) is 6.03. The van der Waals surface area contributed by atoms with Crippen molar-refractivity contribution in [1.82, 2.24) is 15.2 Å². The highest BCUT2D eigenvalue weighted by atomic mass is 15.2. The monoisotopic (exact) mass is 429 g/mol. The summed E-state index contributed by atoms with van der Waals surface area (Å²) < 4.78 is 0. The van der Waals surface area contributed by atoms with Crippen molar-refractivity contribution in [2.75, 3.05) is 0 Å². The van der Waals surface area contributed by atoms with Crippen LogP contribution in [0.2, 0.25) is 0 Å². The Bertz CT molecular complexity index is 1340. The summed E-state index contributed by atoms with van der Waals surface area (Å²) in [6.45, 7) is 6.72. The Morgan fingerprint density at radius 3 is 1.55 bits per heavy atom. The first-order valence-corrected chi connectivity index (χ1v) is 11.2. The molecule has 162 valence electrons. The highest BCUT2D eigenvalue weighted by Gasteiger charge is 2.14. The lowest BCUT2D eigenvalue weighted by molar-refractivity contribution is 0.590. The van der Waals surface area contributed by atoms with Gasteiger partial charge in [0.15, 0.2) is 5.82 Å². The SMILES string of the molecule is CC(C)(C)c1ccc(-c2cc(-c3ccc(-c4ccccc4)cc3)cc(-c3ncn[nH]3)c2)cc1. The maximum Gasteiger partial charge on any atom is 0.155 e. The average Bonchev–Trinajstić information content (AvgIpc) is 3.39. The van der Waals surface area contributed by atoms with Crippen LogP contribution in [0.25, 0.3) is 44.8 Å². The summed E-state index contributed by atoms with van der Waals surface area (Å²) in [6.07, 6.45) is 1.55. The standard InChI is InChI=1S/C30H27N3/c1-30(2,3)28-15-13-24(14-16-28)26-17-25(18-27(19-26)29-31-20-32-33-29)23-11-9-22(10-12-23)21-7-5-4-6-8-21/h4-20H,1-3H3,(H,31,32,33). The molecule has 0 aliphatic heterocycles. The second kappa shape index (κ2) is 8.51. The first kappa shape index (κ1) is 20.9. The fourth-order valence-corrected chi connectivity index (χ4v) is 4.09. The molecule has 0 saturated carbocycles. The summed E-state index contributed by atoms with van der Waals surface area (Å²) in [6, 6.07) is 34.7. The van der Waals surface area contributed by atoms with Crippen LogP contribution in [-0.4, -0.2) is 15.2 Å². The molecule has 0 spiro atoms. The van der Waals surface area contributed by atoms with Crippen LogP contribution in [0, 0.1) is 0 Å². The van der Waals surface area contributed by atoms with Crippen LogP contribution in [0.4, 0.5) is 0 Å². The van der Waals surface area contributed by atoms with E-state index in [1.165, 1.54) is 27.8 Å². The molecule has 0 amide bonds. The number of aromatic nitrogens is 3. The molecule has 3 nitrogen and oxygen atoms in total. The highest BCUT2D eigenvalue weighted by molar-refractivity contribution is 5.80. The molecule has 1 heterocycles. The van der Waals surface area contributed by atoms with Crippen LogP contribution in [-0.2, 0) is 5.41 Å². The molecule has 0 aliphatic rings. The van der Waals surface area contributed by atoms with Crippen molar-refractivity contribution in [3.05, 3.63) is 109 Å². The summed E-state index contributed by atoms with van der Waals surface area (Å²) in [7, 11) is 0. The Morgan fingerprint density at radius 2 is 1.03 bits per heavy atom. The number of nitrogens with zero attached hydrogens (tertiary/aromatic N) is 2. The fraction of sp³-hybridized carbons (Fsp3) is 0.133. The molecule has 0 fully saturated rings. The lowest BCUT2D eigenvalue weighted by atomic mass is 9.86. The van der Waals surface area contributed by atoms with Crippen molar-refractivity contribution in [1.29, 1.82) is 0 Å². The number of nitrogens with one attached hydrogen (secondary N) is 1. The smallest absolute Gasteiger partial charge is 0.155 e. The van der Waals surface area contributed by atoms with Gasteiger partial charge in [0.25, 0.3) is 0 Å². The van der Waals surface area contributed by atoms with Crippen LogP contribution in [0.1, 0.15) is 26.3 Å². The second-order valence-corrected chi connectivity index (χ2v) is 9.40. The van der Waals surface area contributed by atoms with Gasteiger partial charge < -0.3 is 0 Å². The normalized spacial score (nSPS) is 11.5. The van der Waals surface area contributed by atoms with Crippen LogP contribution < -0.4 is 0 Å². The van der Waals surface area contributed by atoms with Crippen LogP contribution in [0.5, 0.6) is 0 Å². The number of H-pyrrole nitrogens is 1. The van der Waals surface area contributed by atoms with Crippen molar-refractivity contribution in [3.63, 3.8) is 0 Å². The lowest BCUT2D eigenvalue weighted by Crippen LogP contribution is -2.10. The van der Waals surface area contributed by atoms with Gasteiger partial charge in [0.1, 0.15) is 6.33 Å². The predicted molar refractivity (Wildman–Crippen MR) is 137 cm³/mol. The van der Waals surface area contributed by atoms with Crippen molar-refractivity contribution in [2.24, 2.45) is 0 Å². The van der Waals surface area contributed by atoms with Crippen LogP contribution in [0.15, 0.2) is 103 Å². The topological polar surface area (TPSA) is 41.6 Å². The minimum Gasteiger partial charge on any atom is -0.259 e. The zero-order valence-corrected chi connectivity index (χ0v) is 19.2. The molecule has 4 aromatic carbocycles. The van der Waals surface area contributed by atoms with E-state index in [4.69, 9.17) is 0 Å². The van der Waals surface area contributed by atoms with E-state index in [0.29, 0.717) is 0 Å². The first-order valence-electron chi connectivity index (χ1n) is 11.2. The predicted octanol–water partition coefficient (Wildman–Crippen LogP) is 7.77. The number of aromatic amines is 1. The van der Waals surface area contributed by atoms with E-state index in [2.05, 4.69) is 127 Å². The van der Waals surface area contributed by atoms with Crippen LogP contribution >= 0.6 is 0 Å². The largest absolute Gasteiger partial charge is 0.259 e. The molecule has 5 rings (SSSR count). The van der Waals surface area contributed by atoms with E-state index < -0.39 is 0 Å². The molecule has 0 atom stereocenters. The van der Waals surface area contributed by atoms with Crippen molar-refractivity contribution in [2.45, 2.75) is 26.2 Å². The molecule has 1 aromatic heterocycles. The molecule has 1 N–H and O–H groups in total. The minimum atomic E-state index is 0.131. The fourth-order valence-electron chi connectivity index (χ4n) is 4.09. The number of hydrogen-bond donors (Lipinski definition) is 1. The molecule has 0 radical (unpaired) electrons. The maximum absolute atomic E-state index is 4.39. The van der Waals surface area contributed by atoms with E-state index >= 15 is 0 Å². The van der Waals surface area contributed by atoms with Gasteiger partial charge >= 0.3 is 0 Å². The Balaban J connectivity index is 1.57. The van der Waals surface area contributed by atoms with E-state index in [1.807, 2.05) is 6.07 Å². The Hall–Kier alpha value is -3.98. The van der Waals surface area contributed by atoms with E-state index in [0.717, 1.165) is 22.5 Å². The van der Waals surface area contributed by atoms with Gasteiger partial charge in [-0.15, -0.1) is 0 Å². The van der Waals surface area contributed by atoms with Gasteiger partial charge in [-0.2, -0.15) is 5.10 Å². The first-order chi connectivity index (χ1) is 16.0. The number of benzene rings is 4. The number of hydrogen-bond acceptors (Lipinski definition) is 2. The lowest BCUT2D eigenvalue weighted by Gasteiger charge is -2.19. The summed E-state index contributed by atoms with van der Waals surface area (Å²) in [5, 5.41) is 7.06. The van der Waals surface area contributed by atoms with Crippen molar-refractivity contribution >= 4 is 0 Å². The molecule has 0 aliphatic carbocycles. The Kier molecular flexibility index (Phi) is 5.39. The third kappa shape index (κ3) is 4.49. The summed E-state index contributed by atoms with van der Waals surface area (Å²) in [5.41, 5.74) is 9.58. The average molecular weight is 430 g/mol. The van der Waals surface area contributed by atoms with E-state index in [1.54, 1.807) is 6.33 Å². The second-order valence-electron chi connectivity index (χ2n) is 9.40. The highest BCUT2D eigenvalue weighted by Crippen LogP contribution is 2.33. The molecule has 0 unspecified atom stereocenters. The maximum atomic E-state index is 4.39. The molecule has 0 saturated heterocycles. The van der Waals surface area contributed by atoms with Gasteiger partial charge in [-0.1, -0.05) is 99.6 Å². The zero-order chi connectivity index (χ0) is 22.8. The summed E-state index contributed by atoms with van der Waals surface area (Å²) in [5.74, 6) is 0.769. The molecule has 0 bridgehead atoms. The van der Waals surface area contributed by atoms with E-state index in [-0.39, 0.29) is 5.41 Å². The molecular formula is C30H27N3. The summed E-state index contributed by atoms with van der Waals surface area (Å²) >= 11 is 0. The number of rotatable bonds is 4. The van der Waals surface area contributed by atoms with Crippen molar-refractivity contribution in [3.8, 4) is 44.8 Å². The molecular weight excluding hydrogens is 402 g/mol. The third-order valence-electron chi connectivity index (χ3n) is 6.03. The van der Waals surface area contributed by atoms with E-state index in [9.17, 15) is 0 Å². The Labute approximate surface area is 195 Å². The van der Waals surface area contributed by atoms with Gasteiger partial charge in [0.2, 0.25) is 0 Å². The quantitative estimate of drug-likeness (QED) is 0.317. The van der Waals surface area contributed by atoms with Gasteiger partial charge in [0.05, 0.1) is 0 Å². The van der Waals surface area contributed by atoms with Gasteiger partial charge in [-0.25, -0.2) is 4.98 Å². The van der Waals surface area contributed by atoms with Gasteiger partial charge in [0, 0.05) is 5.56 Å². The summed E-state index contributed by atoms with van der Waals surface area (Å²) in [4.78, 5) is 4.39. The minimum absolute atomic E-state index is 0.131. The molecule has 3 heteroatoms. The van der Waals surface area contributed by atoms with Gasteiger partial charge in [-0.3, -0.25) is 5.10 Å². The van der Waals surface area contributed by atoms with Gasteiger partial charge in [-0.05, 0) is 62.6 Å². The van der Waals surface area contributed by atoms with Crippen LogP contribution in [0.3, 0.4) is 0 Å². The zero-order valence-electron chi connectivity index (χ0n) is 19.2. The van der Waals surface area contributed by atoms with Crippen molar-refractivity contribution < 1.29 is 0 Å². The molecule has 5 aromatic rings. The Morgan fingerprint density at radius 1 is 0.545 bits per heavy atom. The molecule has 33 heavy (non-hydrogen) atoms.